The van der Waals surface area contributed by atoms with Crippen molar-refractivity contribution in [3.05, 3.63) is 83.0 Å². The molecule has 4 aromatic rings. The van der Waals surface area contributed by atoms with Crippen LogP contribution >= 0.6 is 0 Å². The summed E-state index contributed by atoms with van der Waals surface area (Å²) in [5.74, 6) is -0.839. The monoisotopic (exact) mass is 398 g/mol. The molecule has 5 nitrogen and oxygen atoms in total. The van der Waals surface area contributed by atoms with Gasteiger partial charge in [-0.25, -0.2) is 0 Å². The molecule has 30 heavy (non-hydrogen) atoms. The van der Waals surface area contributed by atoms with Crippen molar-refractivity contribution in [2.75, 3.05) is 6.54 Å². The molecule has 5 rings (SSSR count). The van der Waals surface area contributed by atoms with Crippen molar-refractivity contribution in [1.82, 2.24) is 9.47 Å². The van der Waals surface area contributed by atoms with Gasteiger partial charge in [0.2, 0.25) is 0 Å². The summed E-state index contributed by atoms with van der Waals surface area (Å²) in [5, 5.41) is 12.5. The van der Waals surface area contributed by atoms with Crippen molar-refractivity contribution in [3.8, 4) is 0 Å². The van der Waals surface area contributed by atoms with Gasteiger partial charge in [0.25, 0.3) is 5.91 Å². The number of aliphatic carboxylic acids is 1. The Hall–Kier alpha value is -3.60. The second-order valence-electron chi connectivity index (χ2n) is 7.93. The van der Waals surface area contributed by atoms with E-state index < -0.39 is 5.97 Å². The zero-order chi connectivity index (χ0) is 20.8. The highest BCUT2D eigenvalue weighted by atomic mass is 16.4. The Labute approximate surface area is 174 Å². The number of amides is 1. The Bertz CT molecular complexity index is 1310. The largest absolute Gasteiger partial charge is 0.480 e. The highest BCUT2D eigenvalue weighted by molar-refractivity contribution is 6.07. The van der Waals surface area contributed by atoms with Crippen molar-refractivity contribution in [2.24, 2.45) is 0 Å². The minimum Gasteiger partial charge on any atom is -0.480 e. The normalized spacial score (nSPS) is 13.6. The minimum atomic E-state index is -0.856. The molecule has 2 heterocycles. The lowest BCUT2D eigenvalue weighted by molar-refractivity contribution is -0.137. The van der Waals surface area contributed by atoms with Crippen LogP contribution in [0.3, 0.4) is 0 Å². The van der Waals surface area contributed by atoms with Gasteiger partial charge in [0.05, 0.1) is 0 Å². The standard InChI is InChI=1S/C25H22N2O3/c1-16-9-10-19-21-14-26(12-11-22(21)27(15-24(28)29)23(19)13-16)25(30)20-8-4-6-17-5-2-3-7-18(17)20/h2-10,13H,11-12,14-15H2,1H3,(H,28,29). The predicted octanol–water partition coefficient (Wildman–Crippen LogP) is 4.39. The molecule has 0 radical (unpaired) electrons. The fourth-order valence-corrected chi connectivity index (χ4v) is 4.63. The van der Waals surface area contributed by atoms with Crippen LogP contribution in [0.5, 0.6) is 0 Å². The van der Waals surface area contributed by atoms with Gasteiger partial charge in [-0.15, -0.1) is 0 Å². The quantitative estimate of drug-likeness (QED) is 0.557. The number of carboxylic acid groups (broad SMARTS) is 1. The van der Waals surface area contributed by atoms with E-state index in [1.54, 1.807) is 0 Å². The van der Waals surface area contributed by atoms with Crippen molar-refractivity contribution >= 4 is 33.6 Å². The number of aromatic nitrogens is 1. The number of hydrogen-bond donors (Lipinski definition) is 1. The summed E-state index contributed by atoms with van der Waals surface area (Å²) in [7, 11) is 0. The molecule has 0 saturated carbocycles. The zero-order valence-corrected chi connectivity index (χ0v) is 16.8. The van der Waals surface area contributed by atoms with E-state index in [1.807, 2.05) is 77.1 Å². The molecule has 5 heteroatoms. The fourth-order valence-electron chi connectivity index (χ4n) is 4.63. The summed E-state index contributed by atoms with van der Waals surface area (Å²) in [5.41, 5.74) is 4.82. The predicted molar refractivity (Wildman–Crippen MR) is 117 cm³/mol. The average Bonchev–Trinajstić information content (AvgIpc) is 3.04. The topological polar surface area (TPSA) is 62.5 Å². The van der Waals surface area contributed by atoms with E-state index in [0.29, 0.717) is 25.1 Å². The molecule has 0 unspecified atom stereocenters. The lowest BCUT2D eigenvalue weighted by Gasteiger charge is -2.28. The molecule has 0 bridgehead atoms. The summed E-state index contributed by atoms with van der Waals surface area (Å²) in [4.78, 5) is 26.8. The van der Waals surface area contributed by atoms with Crippen molar-refractivity contribution < 1.29 is 14.7 Å². The highest BCUT2D eigenvalue weighted by Gasteiger charge is 2.28. The second-order valence-corrected chi connectivity index (χ2v) is 7.93. The van der Waals surface area contributed by atoms with Gasteiger partial charge >= 0.3 is 5.97 Å². The molecule has 1 N–H and O–H groups in total. The van der Waals surface area contributed by atoms with Crippen LogP contribution in [0.2, 0.25) is 0 Å². The highest BCUT2D eigenvalue weighted by Crippen LogP contribution is 2.33. The van der Waals surface area contributed by atoms with E-state index >= 15 is 0 Å². The van der Waals surface area contributed by atoms with Crippen LogP contribution in [-0.4, -0.2) is 33.0 Å². The summed E-state index contributed by atoms with van der Waals surface area (Å²) in [6.45, 7) is 3.01. The molecule has 1 aromatic heterocycles. The molecule has 150 valence electrons. The molecule has 0 atom stereocenters. The van der Waals surface area contributed by atoms with Gasteiger partial charge in [-0.3, -0.25) is 9.59 Å². The van der Waals surface area contributed by atoms with Crippen molar-refractivity contribution in [2.45, 2.75) is 26.4 Å². The third-order valence-electron chi connectivity index (χ3n) is 6.01. The van der Waals surface area contributed by atoms with Gasteiger partial charge in [-0.05, 0) is 35.4 Å². The van der Waals surface area contributed by atoms with Crippen molar-refractivity contribution in [3.63, 3.8) is 0 Å². The first kappa shape index (κ1) is 18.4. The van der Waals surface area contributed by atoms with Gasteiger partial charge in [-0.1, -0.05) is 48.5 Å². The molecule has 1 aliphatic heterocycles. The Morgan fingerprint density at radius 3 is 2.63 bits per heavy atom. The van der Waals surface area contributed by atoms with Crippen LogP contribution in [0.25, 0.3) is 21.7 Å². The van der Waals surface area contributed by atoms with Crippen LogP contribution in [0.4, 0.5) is 0 Å². The van der Waals surface area contributed by atoms with Gasteiger partial charge in [0.1, 0.15) is 6.54 Å². The smallest absolute Gasteiger partial charge is 0.323 e. The molecule has 3 aromatic carbocycles. The van der Waals surface area contributed by atoms with Crippen LogP contribution in [0, 0.1) is 6.92 Å². The Morgan fingerprint density at radius 2 is 1.80 bits per heavy atom. The van der Waals surface area contributed by atoms with Gasteiger partial charge in [-0.2, -0.15) is 0 Å². The number of carboxylic acids is 1. The maximum Gasteiger partial charge on any atom is 0.323 e. The van der Waals surface area contributed by atoms with E-state index in [1.165, 1.54) is 0 Å². The van der Waals surface area contributed by atoms with Crippen LogP contribution in [-0.2, 0) is 24.3 Å². The fraction of sp³-hybridized carbons (Fsp3) is 0.200. The number of fused-ring (bicyclic) bond motifs is 4. The van der Waals surface area contributed by atoms with E-state index in [9.17, 15) is 14.7 Å². The Kier molecular flexibility index (Phi) is 4.31. The lowest BCUT2D eigenvalue weighted by atomic mass is 10.0. The zero-order valence-electron chi connectivity index (χ0n) is 16.8. The molecule has 0 aliphatic carbocycles. The maximum atomic E-state index is 13.4. The van der Waals surface area contributed by atoms with E-state index in [-0.39, 0.29) is 12.5 Å². The maximum absolute atomic E-state index is 13.4. The van der Waals surface area contributed by atoms with Crippen molar-refractivity contribution in [1.29, 1.82) is 0 Å². The van der Waals surface area contributed by atoms with Gasteiger partial charge in [0, 0.05) is 47.2 Å². The molecule has 0 saturated heterocycles. The van der Waals surface area contributed by atoms with E-state index in [0.717, 1.165) is 38.5 Å². The summed E-state index contributed by atoms with van der Waals surface area (Å²) in [6, 6.07) is 19.9. The first-order chi connectivity index (χ1) is 14.5. The average molecular weight is 398 g/mol. The number of carbonyl (C=O) groups is 2. The molecule has 1 amide bonds. The van der Waals surface area contributed by atoms with Gasteiger partial charge in [0.15, 0.2) is 0 Å². The molecule has 1 aliphatic rings. The van der Waals surface area contributed by atoms with Gasteiger partial charge < -0.3 is 14.6 Å². The SMILES string of the molecule is Cc1ccc2c3c(n(CC(=O)O)c2c1)CCN(C(=O)c1cccc2ccccc12)C3. The lowest BCUT2D eigenvalue weighted by Crippen LogP contribution is -2.36. The first-order valence-corrected chi connectivity index (χ1v) is 10.1. The number of rotatable bonds is 3. The minimum absolute atomic E-state index is 0.0173. The summed E-state index contributed by atoms with van der Waals surface area (Å²) in [6.07, 6.45) is 0.646. The number of aryl methyl sites for hydroxylation is 1. The molecular weight excluding hydrogens is 376 g/mol. The van der Waals surface area contributed by atoms with E-state index in [2.05, 4.69) is 0 Å². The molecular formula is C25H22N2O3. The summed E-state index contributed by atoms with van der Waals surface area (Å²) >= 11 is 0. The number of hydrogen-bond acceptors (Lipinski definition) is 2. The molecule has 0 spiro atoms. The second kappa shape index (κ2) is 7.02. The number of benzene rings is 3. The Morgan fingerprint density at radius 1 is 1.00 bits per heavy atom. The summed E-state index contributed by atoms with van der Waals surface area (Å²) < 4.78 is 1.90. The third kappa shape index (κ3) is 2.94. The first-order valence-electron chi connectivity index (χ1n) is 10.1. The van der Waals surface area contributed by atoms with Crippen LogP contribution in [0.1, 0.15) is 27.2 Å². The third-order valence-corrected chi connectivity index (χ3v) is 6.01. The number of carbonyl (C=O) groups excluding carboxylic acids is 1. The van der Waals surface area contributed by atoms with Crippen LogP contribution < -0.4 is 0 Å². The van der Waals surface area contributed by atoms with E-state index in [4.69, 9.17) is 0 Å². The number of nitrogens with zero attached hydrogens (tertiary/aromatic N) is 2. The van der Waals surface area contributed by atoms with Crippen LogP contribution in [0.15, 0.2) is 60.7 Å². The molecule has 0 fully saturated rings. The Balaban J connectivity index is 1.57.